The van der Waals surface area contributed by atoms with Crippen molar-refractivity contribution in [2.24, 2.45) is 0 Å². The highest BCUT2D eigenvalue weighted by molar-refractivity contribution is 5.78. The van der Waals surface area contributed by atoms with Crippen LogP contribution in [0.15, 0.2) is 0 Å². The zero-order chi connectivity index (χ0) is 8.15. The Morgan fingerprint density at radius 3 is 2.10 bits per heavy atom. The standard InChI is InChI=1S/C5H9NO4/c1-2-3(4(7)8)6-5(9)10/h3,6H,2H2,1H3,(H,7,8)(H,9,10)/t3-/m0/s1. The second-order valence-corrected chi connectivity index (χ2v) is 1.75. The topological polar surface area (TPSA) is 86.6 Å². The van der Waals surface area contributed by atoms with Gasteiger partial charge in [-0.2, -0.15) is 0 Å². The molecule has 1 atom stereocenters. The highest BCUT2D eigenvalue weighted by atomic mass is 16.4. The van der Waals surface area contributed by atoms with Gasteiger partial charge in [0.1, 0.15) is 6.04 Å². The Labute approximate surface area is 57.7 Å². The Morgan fingerprint density at radius 2 is 2.00 bits per heavy atom. The first-order chi connectivity index (χ1) is 4.57. The summed E-state index contributed by atoms with van der Waals surface area (Å²) in [6.45, 7) is 1.59. The number of amides is 1. The van der Waals surface area contributed by atoms with Crippen LogP contribution in [0.5, 0.6) is 0 Å². The van der Waals surface area contributed by atoms with Crippen molar-refractivity contribution in [1.29, 1.82) is 0 Å². The quantitative estimate of drug-likeness (QED) is 0.529. The van der Waals surface area contributed by atoms with Gasteiger partial charge in [0.2, 0.25) is 0 Å². The second-order valence-electron chi connectivity index (χ2n) is 1.75. The lowest BCUT2D eigenvalue weighted by Crippen LogP contribution is -2.39. The van der Waals surface area contributed by atoms with Crippen LogP contribution in [0.1, 0.15) is 13.3 Å². The Hall–Kier alpha value is -1.26. The molecule has 3 N–H and O–H groups in total. The molecule has 58 valence electrons. The van der Waals surface area contributed by atoms with Gasteiger partial charge in [-0.25, -0.2) is 9.59 Å². The van der Waals surface area contributed by atoms with Gasteiger partial charge < -0.3 is 15.5 Å². The first-order valence-electron chi connectivity index (χ1n) is 2.80. The summed E-state index contributed by atoms with van der Waals surface area (Å²) in [4.78, 5) is 20.0. The lowest BCUT2D eigenvalue weighted by atomic mass is 10.2. The van der Waals surface area contributed by atoms with Crippen LogP contribution in [0.2, 0.25) is 0 Å². The number of carboxylic acids is 1. The molecule has 0 saturated heterocycles. The summed E-state index contributed by atoms with van der Waals surface area (Å²) >= 11 is 0. The molecule has 0 aromatic heterocycles. The van der Waals surface area contributed by atoms with Crippen molar-refractivity contribution in [1.82, 2.24) is 5.32 Å². The molecule has 0 saturated carbocycles. The predicted molar refractivity (Wildman–Crippen MR) is 32.9 cm³/mol. The third-order valence-corrected chi connectivity index (χ3v) is 1.00. The average molecular weight is 147 g/mol. The van der Waals surface area contributed by atoms with Gasteiger partial charge >= 0.3 is 12.1 Å². The van der Waals surface area contributed by atoms with Gasteiger partial charge in [-0.15, -0.1) is 0 Å². The molecule has 0 aliphatic heterocycles. The van der Waals surface area contributed by atoms with Crippen molar-refractivity contribution in [2.45, 2.75) is 19.4 Å². The Morgan fingerprint density at radius 1 is 1.50 bits per heavy atom. The molecule has 0 heterocycles. The molecule has 5 heteroatoms. The number of aliphatic carboxylic acids is 1. The van der Waals surface area contributed by atoms with E-state index in [1.807, 2.05) is 5.32 Å². The van der Waals surface area contributed by atoms with Crippen molar-refractivity contribution in [2.75, 3.05) is 0 Å². The van der Waals surface area contributed by atoms with E-state index in [1.165, 1.54) is 0 Å². The molecular formula is C5H9NO4. The number of carboxylic acid groups (broad SMARTS) is 2. The first-order valence-corrected chi connectivity index (χ1v) is 2.80. The van der Waals surface area contributed by atoms with E-state index in [0.29, 0.717) is 0 Å². The van der Waals surface area contributed by atoms with Crippen molar-refractivity contribution >= 4 is 12.1 Å². The maximum atomic E-state index is 10.1. The molecule has 5 nitrogen and oxygen atoms in total. The molecule has 0 bridgehead atoms. The monoisotopic (exact) mass is 147 g/mol. The lowest BCUT2D eigenvalue weighted by molar-refractivity contribution is -0.139. The van der Waals surface area contributed by atoms with E-state index in [4.69, 9.17) is 10.2 Å². The molecule has 1 amide bonds. The van der Waals surface area contributed by atoms with E-state index in [-0.39, 0.29) is 6.42 Å². The van der Waals surface area contributed by atoms with E-state index in [1.54, 1.807) is 6.92 Å². The molecule has 0 aliphatic rings. The summed E-state index contributed by atoms with van der Waals surface area (Å²) in [6.07, 6.45) is -1.06. The number of nitrogens with one attached hydrogen (secondary N) is 1. The van der Waals surface area contributed by atoms with Crippen LogP contribution < -0.4 is 5.32 Å². The number of carbonyl (C=O) groups is 2. The maximum absolute atomic E-state index is 10.1. The fourth-order valence-corrected chi connectivity index (χ4v) is 0.487. The molecule has 0 aromatic carbocycles. The summed E-state index contributed by atoms with van der Waals surface area (Å²) in [6, 6.07) is -0.988. The van der Waals surface area contributed by atoms with E-state index in [9.17, 15) is 9.59 Å². The summed E-state index contributed by atoms with van der Waals surface area (Å²) in [5, 5.41) is 18.2. The number of rotatable bonds is 3. The van der Waals surface area contributed by atoms with Crippen molar-refractivity contribution in [3.8, 4) is 0 Å². The molecule has 0 spiro atoms. The normalized spacial score (nSPS) is 12.1. The molecule has 0 unspecified atom stereocenters. The van der Waals surface area contributed by atoms with Crippen LogP contribution in [0.25, 0.3) is 0 Å². The van der Waals surface area contributed by atoms with Crippen LogP contribution in [-0.4, -0.2) is 28.3 Å². The molecule has 0 rings (SSSR count). The largest absolute Gasteiger partial charge is 0.480 e. The fourth-order valence-electron chi connectivity index (χ4n) is 0.487. The van der Waals surface area contributed by atoms with Crippen LogP contribution in [0, 0.1) is 0 Å². The maximum Gasteiger partial charge on any atom is 0.405 e. The zero-order valence-electron chi connectivity index (χ0n) is 5.50. The minimum absolute atomic E-state index is 0.252. The predicted octanol–water partition coefficient (Wildman–Crippen LogP) is 0.117. The van der Waals surface area contributed by atoms with Crippen LogP contribution in [0.4, 0.5) is 4.79 Å². The fraction of sp³-hybridized carbons (Fsp3) is 0.600. The highest BCUT2D eigenvalue weighted by Gasteiger charge is 2.15. The van der Waals surface area contributed by atoms with Crippen LogP contribution in [0.3, 0.4) is 0 Å². The average Bonchev–Trinajstić information content (AvgIpc) is 1.81. The number of hydrogen-bond donors (Lipinski definition) is 3. The minimum atomic E-state index is -1.31. The van der Waals surface area contributed by atoms with Gasteiger partial charge in [0.05, 0.1) is 0 Å². The first kappa shape index (κ1) is 8.74. The zero-order valence-corrected chi connectivity index (χ0v) is 5.50. The summed E-state index contributed by atoms with van der Waals surface area (Å²) in [5.74, 6) is -1.15. The number of hydrogen-bond acceptors (Lipinski definition) is 2. The van der Waals surface area contributed by atoms with Gasteiger partial charge in [0.25, 0.3) is 0 Å². The Kier molecular flexibility index (Phi) is 3.24. The van der Waals surface area contributed by atoms with E-state index < -0.39 is 18.1 Å². The van der Waals surface area contributed by atoms with Crippen molar-refractivity contribution < 1.29 is 19.8 Å². The summed E-state index contributed by atoms with van der Waals surface area (Å²) in [5.41, 5.74) is 0. The molecular weight excluding hydrogens is 138 g/mol. The summed E-state index contributed by atoms with van der Waals surface area (Å²) in [7, 11) is 0. The minimum Gasteiger partial charge on any atom is -0.480 e. The highest BCUT2D eigenvalue weighted by Crippen LogP contribution is 1.89. The molecule has 10 heavy (non-hydrogen) atoms. The van der Waals surface area contributed by atoms with Gasteiger partial charge in [-0.05, 0) is 6.42 Å². The molecule has 0 aliphatic carbocycles. The van der Waals surface area contributed by atoms with E-state index in [2.05, 4.69) is 0 Å². The van der Waals surface area contributed by atoms with Gasteiger partial charge in [-0.3, -0.25) is 0 Å². The summed E-state index contributed by atoms with van der Waals surface area (Å²) < 4.78 is 0. The van der Waals surface area contributed by atoms with Crippen molar-refractivity contribution in [3.05, 3.63) is 0 Å². The SMILES string of the molecule is CC[C@H](NC(=O)O)C(=O)O. The van der Waals surface area contributed by atoms with Gasteiger partial charge in [-0.1, -0.05) is 6.92 Å². The Bertz CT molecular complexity index is 145. The third kappa shape index (κ3) is 2.91. The van der Waals surface area contributed by atoms with Crippen LogP contribution in [-0.2, 0) is 4.79 Å². The third-order valence-electron chi connectivity index (χ3n) is 1.00. The molecule has 0 fully saturated rings. The lowest BCUT2D eigenvalue weighted by Gasteiger charge is -2.07. The van der Waals surface area contributed by atoms with E-state index >= 15 is 0 Å². The molecule has 0 aromatic rings. The van der Waals surface area contributed by atoms with E-state index in [0.717, 1.165) is 0 Å². The smallest absolute Gasteiger partial charge is 0.405 e. The van der Waals surface area contributed by atoms with Gasteiger partial charge in [0, 0.05) is 0 Å². The van der Waals surface area contributed by atoms with Crippen LogP contribution >= 0.6 is 0 Å². The Balaban J connectivity index is 3.83. The second kappa shape index (κ2) is 3.71. The molecule has 0 radical (unpaired) electrons. The van der Waals surface area contributed by atoms with Gasteiger partial charge in [0.15, 0.2) is 0 Å². The van der Waals surface area contributed by atoms with Crippen molar-refractivity contribution in [3.63, 3.8) is 0 Å².